The van der Waals surface area contributed by atoms with Gasteiger partial charge in [0.2, 0.25) is 0 Å². The van der Waals surface area contributed by atoms with Crippen LogP contribution in [0.3, 0.4) is 0 Å². The van der Waals surface area contributed by atoms with Crippen molar-refractivity contribution in [2.24, 2.45) is 5.92 Å². The van der Waals surface area contributed by atoms with Gasteiger partial charge in [-0.05, 0) is 50.0 Å². The zero-order chi connectivity index (χ0) is 11.2. The summed E-state index contributed by atoms with van der Waals surface area (Å²) in [5, 5.41) is 3.40. The summed E-state index contributed by atoms with van der Waals surface area (Å²) in [5.74, 6) is 3.06. The van der Waals surface area contributed by atoms with E-state index in [0.29, 0.717) is 0 Å². The molecule has 0 aliphatic carbocycles. The molecule has 0 atom stereocenters. The Labute approximate surface area is 102 Å². The Hall–Kier alpha value is -0.670. The highest BCUT2D eigenvalue weighted by Gasteiger charge is 2.12. The van der Waals surface area contributed by atoms with Crippen molar-refractivity contribution < 1.29 is 4.74 Å². The highest BCUT2D eigenvalue weighted by Crippen LogP contribution is 2.27. The number of rotatable bonds is 4. The van der Waals surface area contributed by atoms with Gasteiger partial charge < -0.3 is 10.1 Å². The third-order valence-electron chi connectivity index (χ3n) is 2.99. The lowest BCUT2D eigenvalue weighted by Gasteiger charge is -2.22. The summed E-state index contributed by atoms with van der Waals surface area (Å²) < 4.78 is 5.22. The molecule has 1 heterocycles. The first-order valence-electron chi connectivity index (χ1n) is 5.86. The highest BCUT2D eigenvalue weighted by atomic mass is 32.2. The zero-order valence-corrected chi connectivity index (χ0v) is 10.6. The van der Waals surface area contributed by atoms with Crippen molar-refractivity contribution >= 4 is 11.8 Å². The molecule has 1 aliphatic heterocycles. The second-order valence-corrected chi connectivity index (χ2v) is 5.28. The minimum Gasteiger partial charge on any atom is -0.497 e. The average Bonchev–Trinajstić information content (AvgIpc) is 2.38. The number of ether oxygens (including phenoxy) is 1. The Morgan fingerprint density at radius 1 is 1.38 bits per heavy atom. The fraction of sp³-hybridized carbons (Fsp3) is 0.538. The Balaban J connectivity index is 1.83. The molecule has 1 aromatic carbocycles. The van der Waals surface area contributed by atoms with Gasteiger partial charge in [0.1, 0.15) is 5.75 Å². The number of nitrogens with one attached hydrogen (secondary N) is 1. The summed E-state index contributed by atoms with van der Waals surface area (Å²) in [7, 11) is 1.72. The Kier molecular flexibility index (Phi) is 4.55. The lowest BCUT2D eigenvalue weighted by molar-refractivity contribution is 0.407. The first-order valence-corrected chi connectivity index (χ1v) is 6.84. The van der Waals surface area contributed by atoms with Gasteiger partial charge in [0.05, 0.1) is 7.11 Å². The topological polar surface area (TPSA) is 21.3 Å². The minimum atomic E-state index is 0.873. The lowest BCUT2D eigenvalue weighted by atomic mass is 10.0. The molecular formula is C13H19NOS. The molecule has 0 spiro atoms. The van der Waals surface area contributed by atoms with Gasteiger partial charge in [-0.15, -0.1) is 11.8 Å². The van der Waals surface area contributed by atoms with Crippen molar-refractivity contribution in [1.29, 1.82) is 0 Å². The van der Waals surface area contributed by atoms with Crippen LogP contribution in [-0.4, -0.2) is 26.0 Å². The molecule has 0 amide bonds. The number of methoxy groups -OCH3 is 1. The molecule has 0 radical (unpaired) electrons. The standard InChI is InChI=1S/C13H19NOS/c1-15-12-3-2-4-13(9-12)16-10-11-5-7-14-8-6-11/h2-4,9,11,14H,5-8,10H2,1H3. The van der Waals surface area contributed by atoms with Crippen LogP contribution in [0.25, 0.3) is 0 Å². The van der Waals surface area contributed by atoms with Crippen LogP contribution in [0, 0.1) is 5.92 Å². The predicted molar refractivity (Wildman–Crippen MR) is 69.3 cm³/mol. The zero-order valence-electron chi connectivity index (χ0n) is 9.74. The van der Waals surface area contributed by atoms with Gasteiger partial charge in [0, 0.05) is 10.6 Å². The van der Waals surface area contributed by atoms with Gasteiger partial charge in [-0.25, -0.2) is 0 Å². The number of hydrogen-bond donors (Lipinski definition) is 1. The van der Waals surface area contributed by atoms with E-state index >= 15 is 0 Å². The van der Waals surface area contributed by atoms with Crippen molar-refractivity contribution in [1.82, 2.24) is 5.32 Å². The fourth-order valence-electron chi connectivity index (χ4n) is 1.95. The van der Waals surface area contributed by atoms with Gasteiger partial charge in [-0.1, -0.05) is 6.07 Å². The quantitative estimate of drug-likeness (QED) is 0.814. The lowest BCUT2D eigenvalue weighted by Crippen LogP contribution is -2.28. The molecular weight excluding hydrogens is 218 g/mol. The van der Waals surface area contributed by atoms with E-state index in [4.69, 9.17) is 4.74 Å². The van der Waals surface area contributed by atoms with Crippen LogP contribution in [0.2, 0.25) is 0 Å². The molecule has 1 saturated heterocycles. The molecule has 2 rings (SSSR count). The molecule has 88 valence electrons. The summed E-state index contributed by atoms with van der Waals surface area (Å²) in [6.07, 6.45) is 2.63. The van der Waals surface area contributed by atoms with Crippen molar-refractivity contribution in [3.63, 3.8) is 0 Å². The maximum Gasteiger partial charge on any atom is 0.119 e. The average molecular weight is 237 g/mol. The van der Waals surface area contributed by atoms with E-state index in [1.54, 1.807) is 7.11 Å². The molecule has 0 saturated carbocycles. The van der Waals surface area contributed by atoms with Crippen LogP contribution in [-0.2, 0) is 0 Å². The fourth-order valence-corrected chi connectivity index (χ4v) is 3.09. The van der Waals surface area contributed by atoms with E-state index < -0.39 is 0 Å². The van der Waals surface area contributed by atoms with E-state index in [1.807, 2.05) is 17.8 Å². The third-order valence-corrected chi connectivity index (χ3v) is 4.21. The van der Waals surface area contributed by atoms with E-state index in [-0.39, 0.29) is 0 Å². The molecule has 1 aliphatic rings. The van der Waals surface area contributed by atoms with Crippen molar-refractivity contribution in [2.45, 2.75) is 17.7 Å². The van der Waals surface area contributed by atoms with Crippen molar-refractivity contribution in [2.75, 3.05) is 26.0 Å². The minimum absolute atomic E-state index is 0.873. The van der Waals surface area contributed by atoms with Crippen molar-refractivity contribution in [3.05, 3.63) is 24.3 Å². The van der Waals surface area contributed by atoms with Gasteiger partial charge in [-0.3, -0.25) is 0 Å². The van der Waals surface area contributed by atoms with E-state index in [0.717, 1.165) is 11.7 Å². The normalized spacial score (nSPS) is 17.3. The van der Waals surface area contributed by atoms with Crippen LogP contribution in [0.1, 0.15) is 12.8 Å². The number of piperidine rings is 1. The summed E-state index contributed by atoms with van der Waals surface area (Å²) in [5.41, 5.74) is 0. The monoisotopic (exact) mass is 237 g/mol. The Morgan fingerprint density at radius 3 is 2.94 bits per heavy atom. The summed E-state index contributed by atoms with van der Waals surface area (Å²) in [6.45, 7) is 2.37. The molecule has 16 heavy (non-hydrogen) atoms. The molecule has 1 aromatic rings. The number of thioether (sulfide) groups is 1. The van der Waals surface area contributed by atoms with Gasteiger partial charge in [0.25, 0.3) is 0 Å². The number of benzene rings is 1. The Morgan fingerprint density at radius 2 is 2.19 bits per heavy atom. The summed E-state index contributed by atoms with van der Waals surface area (Å²) in [4.78, 5) is 1.32. The van der Waals surface area contributed by atoms with Crippen LogP contribution >= 0.6 is 11.8 Å². The van der Waals surface area contributed by atoms with Gasteiger partial charge in [0.15, 0.2) is 0 Å². The second kappa shape index (κ2) is 6.16. The maximum atomic E-state index is 5.22. The largest absolute Gasteiger partial charge is 0.497 e. The first kappa shape index (κ1) is 11.8. The number of hydrogen-bond acceptors (Lipinski definition) is 3. The van der Waals surface area contributed by atoms with E-state index in [1.165, 1.54) is 36.6 Å². The summed E-state index contributed by atoms with van der Waals surface area (Å²) in [6, 6.07) is 8.33. The molecule has 2 nitrogen and oxygen atoms in total. The van der Waals surface area contributed by atoms with Crippen LogP contribution in [0.4, 0.5) is 0 Å². The van der Waals surface area contributed by atoms with Gasteiger partial charge >= 0.3 is 0 Å². The molecule has 0 unspecified atom stereocenters. The third kappa shape index (κ3) is 3.42. The molecule has 0 aromatic heterocycles. The molecule has 1 N–H and O–H groups in total. The van der Waals surface area contributed by atoms with Crippen LogP contribution in [0.5, 0.6) is 5.75 Å². The first-order chi connectivity index (χ1) is 7.88. The molecule has 3 heteroatoms. The summed E-state index contributed by atoms with van der Waals surface area (Å²) >= 11 is 1.95. The molecule has 1 fully saturated rings. The van der Waals surface area contributed by atoms with E-state index in [2.05, 4.69) is 23.5 Å². The molecule has 0 bridgehead atoms. The highest BCUT2D eigenvalue weighted by molar-refractivity contribution is 7.99. The Bertz CT molecular complexity index is 323. The maximum absolute atomic E-state index is 5.22. The van der Waals surface area contributed by atoms with E-state index in [9.17, 15) is 0 Å². The van der Waals surface area contributed by atoms with Crippen LogP contribution < -0.4 is 10.1 Å². The predicted octanol–water partition coefficient (Wildman–Crippen LogP) is 2.79. The van der Waals surface area contributed by atoms with Crippen LogP contribution in [0.15, 0.2) is 29.2 Å². The SMILES string of the molecule is COc1cccc(SCC2CCNCC2)c1. The smallest absolute Gasteiger partial charge is 0.119 e. The second-order valence-electron chi connectivity index (χ2n) is 4.18. The van der Waals surface area contributed by atoms with Crippen molar-refractivity contribution in [3.8, 4) is 5.75 Å². The van der Waals surface area contributed by atoms with Gasteiger partial charge in [-0.2, -0.15) is 0 Å².